The molecule has 2 aromatic carbocycles. The number of anilines is 1. The van der Waals surface area contributed by atoms with Crippen LogP contribution in [0.4, 0.5) is 5.69 Å². The summed E-state index contributed by atoms with van der Waals surface area (Å²) in [4.78, 5) is 26.8. The molecular formula is C21H24N2O2. The molecule has 0 saturated carbocycles. The number of rotatable bonds is 3. The Balaban J connectivity index is 1.67. The van der Waals surface area contributed by atoms with E-state index in [2.05, 4.69) is 5.32 Å². The van der Waals surface area contributed by atoms with Crippen molar-refractivity contribution in [2.24, 2.45) is 0 Å². The predicted molar refractivity (Wildman–Crippen MR) is 100 cm³/mol. The number of likely N-dealkylation sites (tertiary alicyclic amines) is 1. The fourth-order valence-corrected chi connectivity index (χ4v) is 3.24. The molecule has 0 aliphatic carbocycles. The highest BCUT2D eigenvalue weighted by Crippen LogP contribution is 2.17. The molecule has 0 atom stereocenters. The molecule has 1 aliphatic heterocycles. The van der Waals surface area contributed by atoms with Crippen molar-refractivity contribution in [1.82, 2.24) is 4.90 Å². The van der Waals surface area contributed by atoms with E-state index in [1.54, 1.807) is 24.3 Å². The van der Waals surface area contributed by atoms with Gasteiger partial charge >= 0.3 is 0 Å². The molecule has 1 aliphatic rings. The van der Waals surface area contributed by atoms with E-state index in [0.717, 1.165) is 37.1 Å². The van der Waals surface area contributed by atoms with Gasteiger partial charge in [0.05, 0.1) is 0 Å². The summed E-state index contributed by atoms with van der Waals surface area (Å²) in [7, 11) is 0. The number of nitrogens with one attached hydrogen (secondary N) is 1. The number of benzene rings is 2. The SMILES string of the molecule is Cc1ccc(C(=O)Nc2ccc(C(=O)N3CCCCC3)cc2)c(C)c1. The topological polar surface area (TPSA) is 49.4 Å². The van der Waals surface area contributed by atoms with E-state index < -0.39 is 0 Å². The largest absolute Gasteiger partial charge is 0.339 e. The van der Waals surface area contributed by atoms with E-state index in [-0.39, 0.29) is 11.8 Å². The van der Waals surface area contributed by atoms with Crippen molar-refractivity contribution in [3.05, 3.63) is 64.7 Å². The Labute approximate surface area is 148 Å². The summed E-state index contributed by atoms with van der Waals surface area (Å²) in [6.45, 7) is 5.61. The van der Waals surface area contributed by atoms with E-state index in [1.165, 1.54) is 6.42 Å². The molecule has 1 heterocycles. The minimum Gasteiger partial charge on any atom is -0.339 e. The Bertz CT molecular complexity index is 775. The first-order valence-corrected chi connectivity index (χ1v) is 8.82. The summed E-state index contributed by atoms with van der Waals surface area (Å²) in [5, 5.41) is 2.90. The van der Waals surface area contributed by atoms with Gasteiger partial charge in [0.25, 0.3) is 11.8 Å². The molecule has 0 bridgehead atoms. The lowest BCUT2D eigenvalue weighted by Gasteiger charge is -2.26. The van der Waals surface area contributed by atoms with Gasteiger partial charge in [-0.05, 0) is 69.0 Å². The van der Waals surface area contributed by atoms with Crippen LogP contribution in [0.1, 0.15) is 51.1 Å². The van der Waals surface area contributed by atoms with Gasteiger partial charge in [-0.15, -0.1) is 0 Å². The first kappa shape index (κ1) is 17.2. The van der Waals surface area contributed by atoms with Crippen molar-refractivity contribution in [2.75, 3.05) is 18.4 Å². The maximum absolute atomic E-state index is 12.5. The van der Waals surface area contributed by atoms with Crippen LogP contribution in [0.3, 0.4) is 0 Å². The zero-order chi connectivity index (χ0) is 17.8. The smallest absolute Gasteiger partial charge is 0.255 e. The Morgan fingerprint density at radius 3 is 2.24 bits per heavy atom. The van der Waals surface area contributed by atoms with Gasteiger partial charge in [0.1, 0.15) is 0 Å². The zero-order valence-electron chi connectivity index (χ0n) is 14.8. The molecule has 3 rings (SSSR count). The second-order valence-corrected chi connectivity index (χ2v) is 6.70. The third kappa shape index (κ3) is 4.08. The van der Waals surface area contributed by atoms with Crippen LogP contribution >= 0.6 is 0 Å². The molecule has 1 saturated heterocycles. The summed E-state index contributed by atoms with van der Waals surface area (Å²) in [5.41, 5.74) is 4.12. The van der Waals surface area contributed by atoms with Crippen molar-refractivity contribution in [1.29, 1.82) is 0 Å². The minimum absolute atomic E-state index is 0.0759. The monoisotopic (exact) mass is 336 g/mol. The molecule has 2 aromatic rings. The molecular weight excluding hydrogens is 312 g/mol. The lowest BCUT2D eigenvalue weighted by Crippen LogP contribution is -2.35. The number of hydrogen-bond donors (Lipinski definition) is 1. The molecule has 4 nitrogen and oxygen atoms in total. The van der Waals surface area contributed by atoms with Gasteiger partial charge in [0.2, 0.25) is 0 Å². The van der Waals surface area contributed by atoms with Crippen LogP contribution < -0.4 is 5.32 Å². The van der Waals surface area contributed by atoms with E-state index >= 15 is 0 Å². The first-order valence-electron chi connectivity index (χ1n) is 8.82. The highest BCUT2D eigenvalue weighted by Gasteiger charge is 2.18. The van der Waals surface area contributed by atoms with E-state index in [1.807, 2.05) is 36.9 Å². The maximum atomic E-state index is 12.5. The maximum Gasteiger partial charge on any atom is 0.255 e. The van der Waals surface area contributed by atoms with Crippen LogP contribution in [0.25, 0.3) is 0 Å². The summed E-state index contributed by atoms with van der Waals surface area (Å²) < 4.78 is 0. The number of piperidine rings is 1. The Kier molecular flexibility index (Phi) is 5.17. The van der Waals surface area contributed by atoms with E-state index in [0.29, 0.717) is 16.8 Å². The van der Waals surface area contributed by atoms with Crippen LogP contribution in [0.5, 0.6) is 0 Å². The predicted octanol–water partition coefficient (Wildman–Crippen LogP) is 4.18. The van der Waals surface area contributed by atoms with Gasteiger partial charge < -0.3 is 10.2 Å². The van der Waals surface area contributed by atoms with Gasteiger partial charge in [0, 0.05) is 29.9 Å². The lowest BCUT2D eigenvalue weighted by molar-refractivity contribution is 0.0724. The van der Waals surface area contributed by atoms with Crippen LogP contribution in [-0.2, 0) is 0 Å². The number of hydrogen-bond acceptors (Lipinski definition) is 2. The molecule has 4 heteroatoms. The highest BCUT2D eigenvalue weighted by atomic mass is 16.2. The summed E-state index contributed by atoms with van der Waals surface area (Å²) in [5.74, 6) is -0.0560. The molecule has 2 amide bonds. The number of nitrogens with zero attached hydrogens (tertiary/aromatic N) is 1. The van der Waals surface area contributed by atoms with Gasteiger partial charge in [-0.25, -0.2) is 0 Å². The third-order valence-corrected chi connectivity index (χ3v) is 4.66. The highest BCUT2D eigenvalue weighted by molar-refractivity contribution is 6.05. The fourth-order valence-electron chi connectivity index (χ4n) is 3.24. The molecule has 0 spiro atoms. The van der Waals surface area contributed by atoms with Gasteiger partial charge in [0.15, 0.2) is 0 Å². The van der Waals surface area contributed by atoms with Gasteiger partial charge in [-0.2, -0.15) is 0 Å². The normalized spacial score (nSPS) is 14.2. The van der Waals surface area contributed by atoms with Crippen molar-refractivity contribution >= 4 is 17.5 Å². The average Bonchev–Trinajstić information content (AvgIpc) is 2.62. The summed E-state index contributed by atoms with van der Waals surface area (Å²) >= 11 is 0. The molecule has 1 fully saturated rings. The summed E-state index contributed by atoms with van der Waals surface area (Å²) in [6, 6.07) is 12.9. The number of carbonyl (C=O) groups is 2. The lowest BCUT2D eigenvalue weighted by atomic mass is 10.0. The van der Waals surface area contributed by atoms with Crippen molar-refractivity contribution in [3.8, 4) is 0 Å². The number of amides is 2. The second kappa shape index (κ2) is 7.51. The standard InChI is InChI=1S/C21H24N2O2/c1-15-6-11-19(16(2)14-15)20(24)22-18-9-7-17(8-10-18)21(25)23-12-4-3-5-13-23/h6-11,14H,3-5,12-13H2,1-2H3,(H,22,24). The first-order chi connectivity index (χ1) is 12.0. The molecule has 25 heavy (non-hydrogen) atoms. The zero-order valence-corrected chi connectivity index (χ0v) is 14.8. The van der Waals surface area contributed by atoms with Crippen LogP contribution in [-0.4, -0.2) is 29.8 Å². The molecule has 0 radical (unpaired) electrons. The van der Waals surface area contributed by atoms with Gasteiger partial charge in [-0.1, -0.05) is 17.7 Å². The van der Waals surface area contributed by atoms with Crippen LogP contribution in [0.15, 0.2) is 42.5 Å². The second-order valence-electron chi connectivity index (χ2n) is 6.70. The Morgan fingerprint density at radius 1 is 0.920 bits per heavy atom. The van der Waals surface area contributed by atoms with E-state index in [9.17, 15) is 9.59 Å². The molecule has 130 valence electrons. The molecule has 0 aromatic heterocycles. The minimum atomic E-state index is -0.132. The van der Waals surface area contributed by atoms with Crippen LogP contribution in [0, 0.1) is 13.8 Å². The number of aryl methyl sites for hydroxylation is 2. The van der Waals surface area contributed by atoms with E-state index in [4.69, 9.17) is 0 Å². The molecule has 0 unspecified atom stereocenters. The molecule has 1 N–H and O–H groups in total. The quantitative estimate of drug-likeness (QED) is 0.914. The van der Waals surface area contributed by atoms with Crippen LogP contribution in [0.2, 0.25) is 0 Å². The van der Waals surface area contributed by atoms with Crippen molar-refractivity contribution in [3.63, 3.8) is 0 Å². The van der Waals surface area contributed by atoms with Crippen molar-refractivity contribution in [2.45, 2.75) is 33.1 Å². The third-order valence-electron chi connectivity index (χ3n) is 4.66. The Hall–Kier alpha value is -2.62. The fraction of sp³-hybridized carbons (Fsp3) is 0.333. The average molecular weight is 336 g/mol. The van der Waals surface area contributed by atoms with Gasteiger partial charge in [-0.3, -0.25) is 9.59 Å². The summed E-state index contributed by atoms with van der Waals surface area (Å²) in [6.07, 6.45) is 3.36. The Morgan fingerprint density at radius 2 is 1.60 bits per heavy atom. The van der Waals surface area contributed by atoms with Crippen molar-refractivity contribution < 1.29 is 9.59 Å². The number of carbonyl (C=O) groups excluding carboxylic acids is 2.